The lowest BCUT2D eigenvalue weighted by Gasteiger charge is -2.19. The highest BCUT2D eigenvalue weighted by Gasteiger charge is 2.15. The number of aliphatic hydroxyl groups excluding tert-OH is 1. The van der Waals surface area contributed by atoms with Crippen LogP contribution in [0.3, 0.4) is 0 Å². The van der Waals surface area contributed by atoms with Gasteiger partial charge in [-0.3, -0.25) is 4.79 Å². The van der Waals surface area contributed by atoms with E-state index in [2.05, 4.69) is 11.3 Å². The van der Waals surface area contributed by atoms with E-state index in [0.29, 0.717) is 13.0 Å². The van der Waals surface area contributed by atoms with Gasteiger partial charge < -0.3 is 19.3 Å². The number of carbonyl (C=O) groups excluding carboxylic acids is 1. The molecule has 0 aromatic rings. The van der Waals surface area contributed by atoms with E-state index in [1.807, 2.05) is 6.08 Å². The summed E-state index contributed by atoms with van der Waals surface area (Å²) in [5, 5.41) is 10.2. The third-order valence-electron chi connectivity index (χ3n) is 3.95. The molecule has 0 rings (SSSR count). The van der Waals surface area contributed by atoms with Crippen molar-refractivity contribution in [3.63, 3.8) is 0 Å². The van der Waals surface area contributed by atoms with E-state index in [0.717, 1.165) is 51.4 Å². The molecule has 2 atom stereocenters. The highest BCUT2D eigenvalue weighted by Crippen LogP contribution is 2.17. The van der Waals surface area contributed by atoms with Crippen molar-refractivity contribution in [2.75, 3.05) is 27.6 Å². The molecule has 0 aliphatic heterocycles. The lowest BCUT2D eigenvalue weighted by molar-refractivity contribution is -0.140. The average Bonchev–Trinajstić information content (AvgIpc) is 2.56. The van der Waals surface area contributed by atoms with Crippen LogP contribution in [0, 0.1) is 5.92 Å². The number of unbranched alkanes of at least 4 members (excludes halogenated alkanes) is 5. The molecule has 0 heterocycles. The Morgan fingerprint density at radius 1 is 1.09 bits per heavy atom. The van der Waals surface area contributed by atoms with Gasteiger partial charge in [-0.25, -0.2) is 0 Å². The van der Waals surface area contributed by atoms with E-state index in [1.54, 1.807) is 7.11 Å². The number of rotatable bonds is 16. The third-order valence-corrected chi connectivity index (χ3v) is 3.95. The Morgan fingerprint density at radius 2 is 1.74 bits per heavy atom. The van der Waals surface area contributed by atoms with Crippen LogP contribution >= 0.6 is 0 Å². The molecular formula is C18H34O5. The van der Waals surface area contributed by atoms with E-state index >= 15 is 0 Å². The minimum absolute atomic E-state index is 0.0758. The van der Waals surface area contributed by atoms with Crippen LogP contribution in [0.5, 0.6) is 0 Å². The fourth-order valence-corrected chi connectivity index (χ4v) is 2.48. The molecule has 1 N–H and O–H groups in total. The number of esters is 1. The molecule has 0 aromatic heterocycles. The number of aliphatic hydroxyl groups is 1. The Morgan fingerprint density at radius 3 is 2.35 bits per heavy atom. The number of ether oxygens (including phenoxy) is 3. The predicted molar refractivity (Wildman–Crippen MR) is 91.1 cm³/mol. The molecule has 0 aromatic carbocycles. The van der Waals surface area contributed by atoms with Crippen LogP contribution in [0.25, 0.3) is 0 Å². The summed E-state index contributed by atoms with van der Waals surface area (Å²) in [4.78, 5) is 11.0. The van der Waals surface area contributed by atoms with Crippen molar-refractivity contribution in [2.45, 2.75) is 63.9 Å². The summed E-state index contributed by atoms with van der Waals surface area (Å²) in [5.41, 5.74) is 0. The van der Waals surface area contributed by atoms with Crippen LogP contribution in [-0.2, 0) is 19.0 Å². The number of carbonyl (C=O) groups is 1. The van der Waals surface area contributed by atoms with E-state index in [9.17, 15) is 9.90 Å². The second-order valence-electron chi connectivity index (χ2n) is 5.81. The van der Waals surface area contributed by atoms with Crippen molar-refractivity contribution in [1.29, 1.82) is 0 Å². The molecule has 0 radical (unpaired) electrons. The Hall–Kier alpha value is -0.910. The molecule has 0 aliphatic carbocycles. The van der Waals surface area contributed by atoms with E-state index in [1.165, 1.54) is 7.11 Å². The molecule has 0 unspecified atom stereocenters. The molecule has 0 fully saturated rings. The molecule has 0 saturated heterocycles. The molecule has 0 amide bonds. The fourth-order valence-electron chi connectivity index (χ4n) is 2.48. The standard InChI is InChI=1S/C18H34O5/c1-4-16(13-14-23-15-21-2)17(19)11-9-7-5-6-8-10-12-18(20)22-3/h4,16-17,19H,1,5-15H2,2-3H3/t16-,17-/m1/s1. The van der Waals surface area contributed by atoms with Gasteiger partial charge in [-0.15, -0.1) is 6.58 Å². The summed E-state index contributed by atoms with van der Waals surface area (Å²) in [7, 11) is 3.02. The zero-order chi connectivity index (χ0) is 17.3. The lowest BCUT2D eigenvalue weighted by Crippen LogP contribution is -2.20. The number of hydrogen-bond acceptors (Lipinski definition) is 5. The molecule has 0 bridgehead atoms. The van der Waals surface area contributed by atoms with Crippen molar-refractivity contribution >= 4 is 5.97 Å². The van der Waals surface area contributed by atoms with E-state index in [4.69, 9.17) is 9.47 Å². The zero-order valence-corrected chi connectivity index (χ0v) is 14.8. The van der Waals surface area contributed by atoms with Gasteiger partial charge in [-0.1, -0.05) is 38.2 Å². The van der Waals surface area contributed by atoms with Gasteiger partial charge in [-0.2, -0.15) is 0 Å². The summed E-state index contributed by atoms with van der Waals surface area (Å²) in [6.07, 6.45) is 9.89. The Kier molecular flexibility index (Phi) is 15.3. The zero-order valence-electron chi connectivity index (χ0n) is 14.8. The molecular weight excluding hydrogens is 296 g/mol. The summed E-state index contributed by atoms with van der Waals surface area (Å²) in [5.74, 6) is -0.0509. The normalized spacial score (nSPS) is 13.5. The quantitative estimate of drug-likeness (QED) is 0.203. The Bertz CT molecular complexity index is 293. The van der Waals surface area contributed by atoms with Crippen LogP contribution in [0.4, 0.5) is 0 Å². The van der Waals surface area contributed by atoms with Gasteiger partial charge in [-0.05, 0) is 19.3 Å². The van der Waals surface area contributed by atoms with Gasteiger partial charge in [0.15, 0.2) is 0 Å². The predicted octanol–water partition coefficient (Wildman–Crippen LogP) is 3.45. The van der Waals surface area contributed by atoms with Crippen molar-refractivity contribution < 1.29 is 24.1 Å². The first-order valence-corrected chi connectivity index (χ1v) is 8.59. The maximum atomic E-state index is 11.0. The fraction of sp³-hybridized carbons (Fsp3) is 0.833. The minimum Gasteiger partial charge on any atom is -0.469 e. The van der Waals surface area contributed by atoms with Gasteiger partial charge >= 0.3 is 5.97 Å². The number of hydrogen-bond donors (Lipinski definition) is 1. The number of methoxy groups -OCH3 is 2. The molecule has 0 saturated carbocycles. The third kappa shape index (κ3) is 13.2. The first kappa shape index (κ1) is 22.1. The highest BCUT2D eigenvalue weighted by atomic mass is 16.7. The maximum absolute atomic E-state index is 11.0. The van der Waals surface area contributed by atoms with Gasteiger partial charge in [0.05, 0.1) is 19.8 Å². The molecule has 5 heteroatoms. The highest BCUT2D eigenvalue weighted by molar-refractivity contribution is 5.68. The maximum Gasteiger partial charge on any atom is 0.305 e. The van der Waals surface area contributed by atoms with Crippen molar-refractivity contribution in [3.8, 4) is 0 Å². The smallest absolute Gasteiger partial charge is 0.305 e. The van der Waals surface area contributed by atoms with Crippen LogP contribution in [-0.4, -0.2) is 44.8 Å². The Balaban J connectivity index is 3.54. The molecule has 0 spiro atoms. The SMILES string of the molecule is C=C[C@H](CCOCOC)[C@H](O)CCCCCCCCC(=O)OC. The van der Waals surface area contributed by atoms with Crippen molar-refractivity contribution in [3.05, 3.63) is 12.7 Å². The topological polar surface area (TPSA) is 65.0 Å². The second-order valence-corrected chi connectivity index (χ2v) is 5.81. The molecule has 0 aliphatic rings. The minimum atomic E-state index is -0.349. The summed E-state index contributed by atoms with van der Waals surface area (Å²) >= 11 is 0. The average molecular weight is 330 g/mol. The monoisotopic (exact) mass is 330 g/mol. The molecule has 23 heavy (non-hydrogen) atoms. The van der Waals surface area contributed by atoms with Gasteiger partial charge in [0.25, 0.3) is 0 Å². The van der Waals surface area contributed by atoms with Gasteiger partial charge in [0.1, 0.15) is 6.79 Å². The van der Waals surface area contributed by atoms with E-state index in [-0.39, 0.29) is 24.8 Å². The van der Waals surface area contributed by atoms with Crippen molar-refractivity contribution in [2.24, 2.45) is 5.92 Å². The lowest BCUT2D eigenvalue weighted by atomic mass is 9.94. The molecule has 136 valence electrons. The largest absolute Gasteiger partial charge is 0.469 e. The van der Waals surface area contributed by atoms with Gasteiger partial charge in [0.2, 0.25) is 0 Å². The molecule has 5 nitrogen and oxygen atoms in total. The first-order valence-electron chi connectivity index (χ1n) is 8.59. The van der Waals surface area contributed by atoms with Crippen LogP contribution in [0.2, 0.25) is 0 Å². The van der Waals surface area contributed by atoms with Crippen LogP contribution in [0.15, 0.2) is 12.7 Å². The first-order chi connectivity index (χ1) is 11.2. The van der Waals surface area contributed by atoms with Gasteiger partial charge in [0, 0.05) is 19.4 Å². The van der Waals surface area contributed by atoms with E-state index < -0.39 is 0 Å². The Labute approximate surface area is 141 Å². The summed E-state index contributed by atoms with van der Waals surface area (Å²) in [6.45, 7) is 4.65. The van der Waals surface area contributed by atoms with Crippen LogP contribution < -0.4 is 0 Å². The van der Waals surface area contributed by atoms with Crippen molar-refractivity contribution in [1.82, 2.24) is 0 Å². The second kappa shape index (κ2) is 16.0. The summed E-state index contributed by atoms with van der Waals surface area (Å²) < 4.78 is 14.7. The van der Waals surface area contributed by atoms with Crippen LogP contribution in [0.1, 0.15) is 57.8 Å². The summed E-state index contributed by atoms with van der Waals surface area (Å²) in [6, 6.07) is 0.